The van der Waals surface area contributed by atoms with Gasteiger partial charge in [-0.25, -0.2) is 13.1 Å². The fourth-order valence-electron chi connectivity index (χ4n) is 1.93. The zero-order valence-electron chi connectivity index (χ0n) is 12.3. The van der Waals surface area contributed by atoms with Crippen molar-refractivity contribution in [3.05, 3.63) is 41.4 Å². The van der Waals surface area contributed by atoms with Gasteiger partial charge in [-0.05, 0) is 55.0 Å². The van der Waals surface area contributed by atoms with Gasteiger partial charge in [-0.3, -0.25) is 0 Å². The molecule has 0 radical (unpaired) electrons. The van der Waals surface area contributed by atoms with Gasteiger partial charge < -0.3 is 5.11 Å². The van der Waals surface area contributed by atoms with Gasteiger partial charge in [0, 0.05) is 5.39 Å². The number of nitrogens with zero attached hydrogens (tertiary/aromatic N) is 3. The molecule has 0 aliphatic heterocycles. The number of rotatable bonds is 4. The maximum absolute atomic E-state index is 11.9. The Bertz CT molecular complexity index is 1050. The molecule has 0 saturated heterocycles. The molecule has 0 saturated carbocycles. The molecule has 0 bridgehead atoms. The van der Waals surface area contributed by atoms with Gasteiger partial charge in [0.1, 0.15) is 5.75 Å². The normalized spacial score (nSPS) is 12.2. The average molecular weight is 383 g/mol. The van der Waals surface area contributed by atoms with Crippen LogP contribution >= 0.6 is 23.1 Å². The second-order valence-electron chi connectivity index (χ2n) is 4.71. The summed E-state index contributed by atoms with van der Waals surface area (Å²) in [6.07, 6.45) is 0. The predicted octanol–water partition coefficient (Wildman–Crippen LogP) is 3.98. The molecule has 0 spiro atoms. The standard InChI is InChI=1S/C14H11ClN4O3S2/c1-16-24(21,22)9-3-4-12-10(7-9)14(23-19-12)18-17-8-2-5-13(20)11(15)6-8/h2-7,16,20H,1H3. The zero-order valence-corrected chi connectivity index (χ0v) is 14.7. The van der Waals surface area contributed by atoms with Crippen LogP contribution in [0.2, 0.25) is 5.02 Å². The Labute approximate surface area is 146 Å². The molecule has 0 aliphatic carbocycles. The van der Waals surface area contributed by atoms with Crippen LogP contribution in [0.4, 0.5) is 10.7 Å². The topological polar surface area (TPSA) is 104 Å². The summed E-state index contributed by atoms with van der Waals surface area (Å²) in [5, 5.41) is 18.8. The Kier molecular flexibility index (Phi) is 4.50. The lowest BCUT2D eigenvalue weighted by atomic mass is 10.2. The van der Waals surface area contributed by atoms with Crippen LogP contribution in [0.5, 0.6) is 5.75 Å². The number of fused-ring (bicyclic) bond motifs is 1. The summed E-state index contributed by atoms with van der Waals surface area (Å²) >= 11 is 6.93. The summed E-state index contributed by atoms with van der Waals surface area (Å²) < 4.78 is 30.3. The summed E-state index contributed by atoms with van der Waals surface area (Å²) in [6, 6.07) is 9.05. The molecule has 0 unspecified atom stereocenters. The number of aromatic nitrogens is 1. The molecule has 0 fully saturated rings. The molecule has 1 heterocycles. The number of nitrogens with one attached hydrogen (secondary N) is 1. The van der Waals surface area contributed by atoms with Crippen LogP contribution in [0.3, 0.4) is 0 Å². The van der Waals surface area contributed by atoms with E-state index in [2.05, 4.69) is 19.3 Å². The van der Waals surface area contributed by atoms with E-state index in [4.69, 9.17) is 11.6 Å². The molecule has 124 valence electrons. The van der Waals surface area contributed by atoms with Gasteiger partial charge in [-0.2, -0.15) is 4.37 Å². The molecule has 3 aromatic rings. The zero-order chi connectivity index (χ0) is 17.3. The first kappa shape index (κ1) is 16.8. The van der Waals surface area contributed by atoms with E-state index in [0.717, 1.165) is 11.5 Å². The van der Waals surface area contributed by atoms with E-state index in [1.165, 1.54) is 31.3 Å². The Morgan fingerprint density at radius 2 is 2.00 bits per heavy atom. The van der Waals surface area contributed by atoms with E-state index in [1.807, 2.05) is 0 Å². The van der Waals surface area contributed by atoms with E-state index >= 15 is 0 Å². The highest BCUT2D eigenvalue weighted by molar-refractivity contribution is 7.89. The third-order valence-electron chi connectivity index (χ3n) is 3.20. The minimum absolute atomic E-state index is 0.0410. The maximum Gasteiger partial charge on any atom is 0.240 e. The summed E-state index contributed by atoms with van der Waals surface area (Å²) in [5.41, 5.74) is 1.09. The minimum atomic E-state index is -3.55. The number of halogens is 1. The first-order chi connectivity index (χ1) is 11.4. The Balaban J connectivity index is 2.01. The van der Waals surface area contributed by atoms with E-state index in [-0.39, 0.29) is 15.7 Å². The van der Waals surface area contributed by atoms with Crippen molar-refractivity contribution in [3.8, 4) is 5.75 Å². The van der Waals surface area contributed by atoms with Crippen molar-refractivity contribution < 1.29 is 13.5 Å². The highest BCUT2D eigenvalue weighted by atomic mass is 35.5. The van der Waals surface area contributed by atoms with E-state index in [9.17, 15) is 13.5 Å². The molecule has 3 rings (SSSR count). The van der Waals surface area contributed by atoms with Gasteiger partial charge in [0.2, 0.25) is 10.0 Å². The van der Waals surface area contributed by atoms with Gasteiger partial charge >= 0.3 is 0 Å². The highest BCUT2D eigenvalue weighted by Gasteiger charge is 2.14. The summed E-state index contributed by atoms with van der Waals surface area (Å²) in [6.45, 7) is 0. The van der Waals surface area contributed by atoms with Gasteiger partial charge in [-0.15, -0.1) is 10.2 Å². The summed E-state index contributed by atoms with van der Waals surface area (Å²) in [7, 11) is -2.20. The van der Waals surface area contributed by atoms with Crippen molar-refractivity contribution in [3.63, 3.8) is 0 Å². The lowest BCUT2D eigenvalue weighted by Gasteiger charge is -2.01. The molecular weight excluding hydrogens is 372 g/mol. The van der Waals surface area contributed by atoms with Gasteiger partial charge in [0.25, 0.3) is 0 Å². The minimum Gasteiger partial charge on any atom is -0.506 e. The first-order valence-electron chi connectivity index (χ1n) is 6.64. The number of benzene rings is 2. The van der Waals surface area contributed by atoms with Crippen LogP contribution in [0.25, 0.3) is 10.9 Å². The van der Waals surface area contributed by atoms with Crippen LogP contribution < -0.4 is 4.72 Å². The Morgan fingerprint density at radius 1 is 1.21 bits per heavy atom. The number of phenolic OH excluding ortho intramolecular Hbond substituents is 1. The van der Waals surface area contributed by atoms with Crippen molar-refractivity contribution in [2.75, 3.05) is 7.05 Å². The van der Waals surface area contributed by atoms with Crippen molar-refractivity contribution >= 4 is 54.7 Å². The van der Waals surface area contributed by atoms with E-state index < -0.39 is 10.0 Å². The van der Waals surface area contributed by atoms with Crippen molar-refractivity contribution in [1.29, 1.82) is 0 Å². The molecule has 2 N–H and O–H groups in total. The van der Waals surface area contributed by atoms with Crippen LogP contribution in [0, 0.1) is 0 Å². The fraction of sp³-hybridized carbons (Fsp3) is 0.0714. The number of hydrogen-bond acceptors (Lipinski definition) is 7. The second kappa shape index (κ2) is 6.44. The third-order valence-corrected chi connectivity index (χ3v) is 5.67. The number of azo groups is 1. The Hall–Kier alpha value is -2.07. The number of sulfonamides is 1. The number of hydrogen-bond donors (Lipinski definition) is 2. The molecule has 0 aliphatic rings. The molecule has 0 atom stereocenters. The Morgan fingerprint density at radius 3 is 2.71 bits per heavy atom. The van der Waals surface area contributed by atoms with Crippen molar-refractivity contribution in [1.82, 2.24) is 9.10 Å². The summed E-state index contributed by atoms with van der Waals surface area (Å²) in [5.74, 6) is -0.0410. The van der Waals surface area contributed by atoms with Crippen LogP contribution in [0.1, 0.15) is 0 Å². The predicted molar refractivity (Wildman–Crippen MR) is 93.2 cm³/mol. The fourth-order valence-corrected chi connectivity index (χ4v) is 3.54. The molecule has 2 aromatic carbocycles. The van der Waals surface area contributed by atoms with E-state index in [0.29, 0.717) is 21.6 Å². The van der Waals surface area contributed by atoms with Gasteiger partial charge in [0.05, 0.1) is 21.1 Å². The van der Waals surface area contributed by atoms with Crippen molar-refractivity contribution in [2.24, 2.45) is 10.2 Å². The molecular formula is C14H11ClN4O3S2. The third kappa shape index (κ3) is 3.24. The van der Waals surface area contributed by atoms with Crippen molar-refractivity contribution in [2.45, 2.75) is 4.90 Å². The summed E-state index contributed by atoms with van der Waals surface area (Å²) in [4.78, 5) is 0.127. The molecule has 1 aromatic heterocycles. The van der Waals surface area contributed by atoms with E-state index in [1.54, 1.807) is 12.1 Å². The van der Waals surface area contributed by atoms with Crippen LogP contribution in [-0.4, -0.2) is 24.9 Å². The number of aromatic hydroxyl groups is 1. The molecule has 10 heteroatoms. The lowest BCUT2D eigenvalue weighted by molar-refractivity contribution is 0.475. The largest absolute Gasteiger partial charge is 0.506 e. The highest BCUT2D eigenvalue weighted by Crippen LogP contribution is 2.34. The maximum atomic E-state index is 11.9. The molecule has 7 nitrogen and oxygen atoms in total. The van der Waals surface area contributed by atoms with Gasteiger partial charge in [0.15, 0.2) is 5.00 Å². The molecule has 24 heavy (non-hydrogen) atoms. The first-order valence-corrected chi connectivity index (χ1v) is 9.27. The quantitative estimate of drug-likeness (QED) is 0.666. The second-order valence-corrected chi connectivity index (χ2v) is 7.76. The van der Waals surface area contributed by atoms with Crippen LogP contribution in [0.15, 0.2) is 51.5 Å². The average Bonchev–Trinajstić information content (AvgIpc) is 2.98. The van der Waals surface area contributed by atoms with Crippen LogP contribution in [-0.2, 0) is 10.0 Å². The molecule has 0 amide bonds. The monoisotopic (exact) mass is 382 g/mol. The lowest BCUT2D eigenvalue weighted by Crippen LogP contribution is -2.18. The smallest absolute Gasteiger partial charge is 0.240 e. The SMILES string of the molecule is CNS(=O)(=O)c1ccc2nsc(N=Nc3ccc(O)c(Cl)c3)c2c1. The van der Waals surface area contributed by atoms with Gasteiger partial charge in [-0.1, -0.05) is 11.6 Å². The number of phenols is 1.